The van der Waals surface area contributed by atoms with E-state index in [2.05, 4.69) is 5.32 Å². The molecule has 1 aliphatic rings. The summed E-state index contributed by atoms with van der Waals surface area (Å²) in [5.74, 6) is 0.785. The first-order valence-corrected chi connectivity index (χ1v) is 11.4. The Bertz CT molecular complexity index is 1220. The van der Waals surface area contributed by atoms with Gasteiger partial charge in [0.05, 0.1) is 36.9 Å². The van der Waals surface area contributed by atoms with Gasteiger partial charge in [0.25, 0.3) is 5.91 Å². The topological polar surface area (TPSA) is 90.9 Å². The fourth-order valence-electron chi connectivity index (χ4n) is 3.43. The normalized spacial score (nSPS) is 13.7. The first-order valence-electron chi connectivity index (χ1n) is 8.94. The summed E-state index contributed by atoms with van der Waals surface area (Å²) in [7, 11) is 1.06. The lowest BCUT2D eigenvalue weighted by molar-refractivity contribution is 0.103. The number of fused-ring (bicyclic) bond motifs is 3. The van der Waals surface area contributed by atoms with E-state index in [0.717, 1.165) is 4.88 Å². The van der Waals surface area contributed by atoms with Crippen LogP contribution in [-0.4, -0.2) is 35.7 Å². The highest BCUT2D eigenvalue weighted by Crippen LogP contribution is 2.43. The summed E-state index contributed by atoms with van der Waals surface area (Å²) >= 11 is 1.27. The number of sulfone groups is 1. The molecule has 1 aromatic heterocycles. The van der Waals surface area contributed by atoms with Gasteiger partial charge in [-0.3, -0.25) is 4.79 Å². The van der Waals surface area contributed by atoms with Crippen LogP contribution in [0.2, 0.25) is 0 Å². The molecule has 30 heavy (non-hydrogen) atoms. The predicted molar refractivity (Wildman–Crippen MR) is 115 cm³/mol. The van der Waals surface area contributed by atoms with Gasteiger partial charge in [-0.05, 0) is 17.7 Å². The molecule has 2 aromatic carbocycles. The molecule has 9 heteroatoms. The SMILES string of the molecule is COc1cc(NC(=O)c2cc3c(s2)-c2ccccc2S(=O)(=O)C3)cc(OC)c1OC. The molecular formula is C21H19NO6S2. The molecule has 156 valence electrons. The monoisotopic (exact) mass is 445 g/mol. The van der Waals surface area contributed by atoms with E-state index in [1.54, 1.807) is 42.5 Å². The van der Waals surface area contributed by atoms with Crippen LogP contribution in [0, 0.1) is 0 Å². The van der Waals surface area contributed by atoms with Gasteiger partial charge in [0.1, 0.15) is 0 Å². The van der Waals surface area contributed by atoms with Crippen molar-refractivity contribution in [3.63, 3.8) is 0 Å². The van der Waals surface area contributed by atoms with Gasteiger partial charge < -0.3 is 19.5 Å². The number of amides is 1. The Hall–Kier alpha value is -3.04. The van der Waals surface area contributed by atoms with Crippen LogP contribution in [0.5, 0.6) is 17.2 Å². The molecule has 0 bridgehead atoms. The maximum absolute atomic E-state index is 12.9. The lowest BCUT2D eigenvalue weighted by Crippen LogP contribution is -2.11. The van der Waals surface area contributed by atoms with E-state index in [-0.39, 0.29) is 11.7 Å². The van der Waals surface area contributed by atoms with Gasteiger partial charge in [0.15, 0.2) is 21.3 Å². The molecule has 0 fully saturated rings. The van der Waals surface area contributed by atoms with Crippen LogP contribution in [0.25, 0.3) is 10.4 Å². The van der Waals surface area contributed by atoms with Gasteiger partial charge in [-0.1, -0.05) is 18.2 Å². The smallest absolute Gasteiger partial charge is 0.265 e. The van der Waals surface area contributed by atoms with Crippen molar-refractivity contribution < 1.29 is 27.4 Å². The second-order valence-corrected chi connectivity index (χ2v) is 9.60. The highest BCUT2D eigenvalue weighted by atomic mass is 32.2. The Balaban J connectivity index is 1.69. The average Bonchev–Trinajstić information content (AvgIpc) is 3.16. The summed E-state index contributed by atoms with van der Waals surface area (Å²) in [6.07, 6.45) is 0. The highest BCUT2D eigenvalue weighted by Gasteiger charge is 2.30. The van der Waals surface area contributed by atoms with E-state index in [9.17, 15) is 13.2 Å². The van der Waals surface area contributed by atoms with Crippen LogP contribution in [0.4, 0.5) is 5.69 Å². The Morgan fingerprint density at radius 3 is 2.30 bits per heavy atom. The van der Waals surface area contributed by atoms with E-state index >= 15 is 0 Å². The van der Waals surface area contributed by atoms with Crippen LogP contribution < -0.4 is 19.5 Å². The zero-order valence-corrected chi connectivity index (χ0v) is 18.1. The molecule has 0 radical (unpaired) electrons. The fourth-order valence-corrected chi connectivity index (χ4v) is 6.28. The van der Waals surface area contributed by atoms with Crippen LogP contribution in [-0.2, 0) is 15.6 Å². The molecule has 0 saturated heterocycles. The molecule has 4 rings (SSSR count). The average molecular weight is 446 g/mol. The zero-order valence-electron chi connectivity index (χ0n) is 16.5. The number of hydrogen-bond donors (Lipinski definition) is 1. The van der Waals surface area contributed by atoms with E-state index in [1.165, 1.54) is 32.7 Å². The molecule has 0 aliphatic carbocycles. The second kappa shape index (κ2) is 7.66. The van der Waals surface area contributed by atoms with E-state index < -0.39 is 9.84 Å². The van der Waals surface area contributed by atoms with Gasteiger partial charge >= 0.3 is 0 Å². The molecule has 2 heterocycles. The molecule has 0 atom stereocenters. The number of ether oxygens (including phenoxy) is 3. The highest BCUT2D eigenvalue weighted by molar-refractivity contribution is 7.91. The summed E-state index contributed by atoms with van der Waals surface area (Å²) in [4.78, 5) is 14.4. The summed E-state index contributed by atoms with van der Waals surface area (Å²) in [5.41, 5.74) is 1.73. The Morgan fingerprint density at radius 2 is 1.67 bits per heavy atom. The summed E-state index contributed by atoms with van der Waals surface area (Å²) in [6, 6.07) is 11.8. The molecular weight excluding hydrogens is 426 g/mol. The number of rotatable bonds is 5. The third kappa shape index (κ3) is 3.40. The summed E-state index contributed by atoms with van der Waals surface area (Å²) in [5, 5.41) is 2.82. The molecule has 1 N–H and O–H groups in total. The second-order valence-electron chi connectivity index (χ2n) is 6.59. The van der Waals surface area contributed by atoms with Crippen molar-refractivity contribution in [2.24, 2.45) is 0 Å². The molecule has 1 amide bonds. The van der Waals surface area contributed by atoms with Crippen molar-refractivity contribution >= 4 is 32.8 Å². The Labute approximate surface area is 178 Å². The van der Waals surface area contributed by atoms with Gasteiger partial charge in [-0.2, -0.15) is 0 Å². The molecule has 3 aromatic rings. The number of hydrogen-bond acceptors (Lipinski definition) is 7. The minimum absolute atomic E-state index is 0.118. The van der Waals surface area contributed by atoms with Crippen molar-refractivity contribution in [3.05, 3.63) is 52.9 Å². The number of methoxy groups -OCH3 is 3. The molecule has 1 aliphatic heterocycles. The van der Waals surface area contributed by atoms with Crippen LogP contribution in [0.1, 0.15) is 15.2 Å². The van der Waals surface area contributed by atoms with E-state index in [4.69, 9.17) is 14.2 Å². The predicted octanol–water partition coefficient (Wildman–Crippen LogP) is 3.98. The first-order chi connectivity index (χ1) is 14.4. The van der Waals surface area contributed by atoms with E-state index in [0.29, 0.717) is 43.8 Å². The van der Waals surface area contributed by atoms with Crippen molar-refractivity contribution in [1.82, 2.24) is 0 Å². The number of carbonyl (C=O) groups is 1. The van der Waals surface area contributed by atoms with Crippen LogP contribution >= 0.6 is 11.3 Å². The van der Waals surface area contributed by atoms with Crippen molar-refractivity contribution in [3.8, 4) is 27.7 Å². The minimum Gasteiger partial charge on any atom is -0.493 e. The maximum Gasteiger partial charge on any atom is 0.265 e. The lowest BCUT2D eigenvalue weighted by atomic mass is 10.1. The quantitative estimate of drug-likeness (QED) is 0.639. The number of nitrogens with one attached hydrogen (secondary N) is 1. The largest absolute Gasteiger partial charge is 0.493 e. The fraction of sp³-hybridized carbons (Fsp3) is 0.190. The van der Waals surface area contributed by atoms with Gasteiger partial charge in [0.2, 0.25) is 5.75 Å². The molecule has 0 saturated carbocycles. The van der Waals surface area contributed by atoms with Gasteiger partial charge in [0, 0.05) is 28.3 Å². The minimum atomic E-state index is -3.42. The number of carbonyl (C=O) groups excluding carboxylic acids is 1. The first kappa shape index (κ1) is 20.2. The van der Waals surface area contributed by atoms with E-state index in [1.807, 2.05) is 0 Å². The number of thiophene rings is 1. The number of benzene rings is 2. The van der Waals surface area contributed by atoms with Gasteiger partial charge in [-0.15, -0.1) is 11.3 Å². The van der Waals surface area contributed by atoms with Crippen molar-refractivity contribution in [2.45, 2.75) is 10.6 Å². The molecule has 0 unspecified atom stereocenters. The standard InChI is InChI=1S/C21H19NO6S2/c1-26-15-9-13(10-16(27-2)19(15)28-3)22-21(23)17-8-12-11-30(24,25)18-7-5-4-6-14(18)20(12)29-17/h4-10H,11H2,1-3H3,(H,22,23). The van der Waals surface area contributed by atoms with Crippen LogP contribution in [0.15, 0.2) is 47.4 Å². The lowest BCUT2D eigenvalue weighted by Gasteiger charge is -2.15. The molecule has 0 spiro atoms. The summed E-state index contributed by atoms with van der Waals surface area (Å²) in [6.45, 7) is 0. The van der Waals surface area contributed by atoms with Gasteiger partial charge in [-0.25, -0.2) is 8.42 Å². The molecule has 7 nitrogen and oxygen atoms in total. The number of anilines is 1. The third-order valence-corrected chi connectivity index (χ3v) is 7.69. The van der Waals surface area contributed by atoms with Crippen molar-refractivity contribution in [1.29, 1.82) is 0 Å². The Kier molecular flexibility index (Phi) is 5.17. The third-order valence-electron chi connectivity index (χ3n) is 4.77. The zero-order chi connectivity index (χ0) is 21.5. The summed E-state index contributed by atoms with van der Waals surface area (Å²) < 4.78 is 41.1. The van der Waals surface area contributed by atoms with Crippen molar-refractivity contribution in [2.75, 3.05) is 26.6 Å². The van der Waals surface area contributed by atoms with Crippen LogP contribution in [0.3, 0.4) is 0 Å². The maximum atomic E-state index is 12.9. The Morgan fingerprint density at radius 1 is 1.00 bits per heavy atom.